The first-order chi connectivity index (χ1) is 8.69. The summed E-state index contributed by atoms with van der Waals surface area (Å²) in [4.78, 5) is 2.57. The van der Waals surface area contributed by atoms with E-state index in [9.17, 15) is 0 Å². The molecule has 1 atom stereocenters. The van der Waals surface area contributed by atoms with Gasteiger partial charge < -0.3 is 9.73 Å². The van der Waals surface area contributed by atoms with Crippen molar-refractivity contribution in [1.29, 1.82) is 0 Å². The van der Waals surface area contributed by atoms with Gasteiger partial charge in [-0.25, -0.2) is 0 Å². The minimum absolute atomic E-state index is 0.155. The standard InChI is InChI=1S/C15H28N2O/c1-6-15(7-2,17(8-3)9-4)14(16-5)13-10-11-18-12-13/h10-12,14,16H,6-9H2,1-5H3. The number of nitrogens with one attached hydrogen (secondary N) is 1. The van der Waals surface area contributed by atoms with Crippen LogP contribution in [0.1, 0.15) is 52.1 Å². The second kappa shape index (κ2) is 6.95. The molecule has 104 valence electrons. The fourth-order valence-corrected chi connectivity index (χ4v) is 3.33. The molecule has 0 aliphatic carbocycles. The van der Waals surface area contributed by atoms with Crippen LogP contribution in [0.3, 0.4) is 0 Å². The lowest BCUT2D eigenvalue weighted by Gasteiger charge is -2.47. The van der Waals surface area contributed by atoms with Gasteiger partial charge in [-0.05, 0) is 39.0 Å². The molecule has 0 bridgehead atoms. The van der Waals surface area contributed by atoms with Gasteiger partial charge in [-0.15, -0.1) is 0 Å². The van der Waals surface area contributed by atoms with E-state index in [1.54, 1.807) is 6.26 Å². The van der Waals surface area contributed by atoms with E-state index in [0.29, 0.717) is 6.04 Å². The second-order valence-electron chi connectivity index (χ2n) is 4.76. The molecule has 18 heavy (non-hydrogen) atoms. The SMILES string of the molecule is CCN(CC)C(CC)(CC)C(NC)c1ccoc1. The lowest BCUT2D eigenvalue weighted by molar-refractivity contribution is 0.0513. The van der Waals surface area contributed by atoms with Crippen LogP contribution in [0.2, 0.25) is 0 Å². The van der Waals surface area contributed by atoms with E-state index >= 15 is 0 Å². The highest BCUT2D eigenvalue weighted by atomic mass is 16.3. The van der Waals surface area contributed by atoms with Crippen molar-refractivity contribution < 1.29 is 4.42 Å². The lowest BCUT2D eigenvalue weighted by atomic mass is 9.79. The number of hydrogen-bond donors (Lipinski definition) is 1. The van der Waals surface area contributed by atoms with Crippen molar-refractivity contribution in [3.63, 3.8) is 0 Å². The highest BCUT2D eigenvalue weighted by Gasteiger charge is 2.40. The fraction of sp³-hybridized carbons (Fsp3) is 0.733. The van der Waals surface area contributed by atoms with E-state index in [1.807, 2.05) is 13.3 Å². The molecule has 3 heteroatoms. The van der Waals surface area contributed by atoms with Gasteiger partial charge in [-0.1, -0.05) is 27.7 Å². The van der Waals surface area contributed by atoms with Crippen molar-refractivity contribution >= 4 is 0 Å². The summed E-state index contributed by atoms with van der Waals surface area (Å²) in [7, 11) is 2.04. The topological polar surface area (TPSA) is 28.4 Å². The highest BCUT2D eigenvalue weighted by molar-refractivity contribution is 5.18. The summed E-state index contributed by atoms with van der Waals surface area (Å²) in [6, 6.07) is 2.39. The molecule has 1 aromatic rings. The third-order valence-corrected chi connectivity index (χ3v) is 4.32. The Hall–Kier alpha value is -0.800. The Kier molecular flexibility index (Phi) is 5.89. The average Bonchev–Trinajstić information content (AvgIpc) is 2.92. The second-order valence-corrected chi connectivity index (χ2v) is 4.76. The van der Waals surface area contributed by atoms with Crippen molar-refractivity contribution in [2.24, 2.45) is 0 Å². The maximum atomic E-state index is 5.27. The van der Waals surface area contributed by atoms with Crippen LogP contribution in [0.5, 0.6) is 0 Å². The minimum Gasteiger partial charge on any atom is -0.472 e. The van der Waals surface area contributed by atoms with Gasteiger partial charge in [0.25, 0.3) is 0 Å². The predicted octanol–water partition coefficient (Wildman–Crippen LogP) is 3.44. The van der Waals surface area contributed by atoms with Crippen molar-refractivity contribution in [1.82, 2.24) is 10.2 Å². The number of nitrogens with zero attached hydrogens (tertiary/aromatic N) is 1. The van der Waals surface area contributed by atoms with Gasteiger partial charge in [0.15, 0.2) is 0 Å². The van der Waals surface area contributed by atoms with Crippen LogP contribution in [0.25, 0.3) is 0 Å². The zero-order chi connectivity index (χ0) is 13.6. The van der Waals surface area contributed by atoms with E-state index in [-0.39, 0.29) is 5.54 Å². The molecule has 3 nitrogen and oxygen atoms in total. The summed E-state index contributed by atoms with van der Waals surface area (Å²) in [5.74, 6) is 0. The lowest BCUT2D eigenvalue weighted by Crippen LogP contribution is -2.55. The Morgan fingerprint density at radius 3 is 2.17 bits per heavy atom. The molecule has 0 spiro atoms. The van der Waals surface area contributed by atoms with Gasteiger partial charge in [0.1, 0.15) is 0 Å². The first-order valence-corrected chi connectivity index (χ1v) is 7.14. The monoisotopic (exact) mass is 252 g/mol. The Bertz CT molecular complexity index is 313. The van der Waals surface area contributed by atoms with Crippen molar-refractivity contribution in [3.05, 3.63) is 24.2 Å². The minimum atomic E-state index is 0.155. The van der Waals surface area contributed by atoms with Crippen LogP contribution in [0, 0.1) is 0 Å². The smallest absolute Gasteiger partial charge is 0.0951 e. The molecule has 0 aliphatic rings. The van der Waals surface area contributed by atoms with Gasteiger partial charge in [0.05, 0.1) is 18.6 Å². The van der Waals surface area contributed by atoms with Gasteiger partial charge in [-0.2, -0.15) is 0 Å². The summed E-state index contributed by atoms with van der Waals surface area (Å²) in [6.45, 7) is 11.2. The molecule has 0 aliphatic heterocycles. The molecule has 1 heterocycles. The van der Waals surface area contributed by atoms with E-state index in [1.165, 1.54) is 5.56 Å². The molecule has 0 aromatic carbocycles. The van der Waals surface area contributed by atoms with Gasteiger partial charge in [-0.3, -0.25) is 4.90 Å². The maximum absolute atomic E-state index is 5.27. The highest BCUT2D eigenvalue weighted by Crippen LogP contribution is 2.37. The normalized spacial score (nSPS) is 14.1. The van der Waals surface area contributed by atoms with Gasteiger partial charge in [0.2, 0.25) is 0 Å². The summed E-state index contributed by atoms with van der Waals surface area (Å²) in [6.07, 6.45) is 5.88. The fourth-order valence-electron chi connectivity index (χ4n) is 3.33. The maximum Gasteiger partial charge on any atom is 0.0951 e. The van der Waals surface area contributed by atoms with E-state index in [0.717, 1.165) is 25.9 Å². The number of likely N-dealkylation sites (N-methyl/N-ethyl adjacent to an activating group) is 2. The quantitative estimate of drug-likeness (QED) is 0.768. The van der Waals surface area contributed by atoms with Crippen LogP contribution in [0.15, 0.2) is 23.0 Å². The summed E-state index contributed by atoms with van der Waals surface area (Å²) < 4.78 is 5.27. The van der Waals surface area contributed by atoms with Crippen LogP contribution in [-0.2, 0) is 0 Å². The van der Waals surface area contributed by atoms with Gasteiger partial charge >= 0.3 is 0 Å². The van der Waals surface area contributed by atoms with E-state index in [4.69, 9.17) is 4.42 Å². The summed E-state index contributed by atoms with van der Waals surface area (Å²) >= 11 is 0. The summed E-state index contributed by atoms with van der Waals surface area (Å²) in [5, 5.41) is 3.49. The first kappa shape index (κ1) is 15.3. The first-order valence-electron chi connectivity index (χ1n) is 7.14. The third-order valence-electron chi connectivity index (χ3n) is 4.32. The largest absolute Gasteiger partial charge is 0.472 e. The van der Waals surface area contributed by atoms with Crippen LogP contribution in [-0.4, -0.2) is 30.6 Å². The molecule has 1 rings (SSSR count). The van der Waals surface area contributed by atoms with Crippen LogP contribution < -0.4 is 5.32 Å². The van der Waals surface area contributed by atoms with Gasteiger partial charge in [0, 0.05) is 11.1 Å². The molecule has 0 amide bonds. The molecular formula is C15H28N2O. The van der Waals surface area contributed by atoms with Crippen molar-refractivity contribution in [2.45, 2.75) is 52.1 Å². The molecule has 1 unspecified atom stereocenters. The van der Waals surface area contributed by atoms with Crippen molar-refractivity contribution in [3.8, 4) is 0 Å². The average molecular weight is 252 g/mol. The van der Waals surface area contributed by atoms with E-state index < -0.39 is 0 Å². The number of furan rings is 1. The van der Waals surface area contributed by atoms with Crippen molar-refractivity contribution in [2.75, 3.05) is 20.1 Å². The molecule has 0 saturated carbocycles. The predicted molar refractivity (Wildman–Crippen MR) is 76.7 cm³/mol. The van der Waals surface area contributed by atoms with Crippen LogP contribution in [0.4, 0.5) is 0 Å². The Morgan fingerprint density at radius 1 is 1.22 bits per heavy atom. The Balaban J connectivity index is 3.15. The zero-order valence-electron chi connectivity index (χ0n) is 12.5. The molecule has 0 saturated heterocycles. The number of hydrogen-bond acceptors (Lipinski definition) is 3. The molecule has 1 N–H and O–H groups in total. The Morgan fingerprint density at radius 2 is 1.83 bits per heavy atom. The Labute approximate surface area is 112 Å². The van der Waals surface area contributed by atoms with E-state index in [2.05, 4.69) is 44.0 Å². The zero-order valence-corrected chi connectivity index (χ0v) is 12.5. The summed E-state index contributed by atoms with van der Waals surface area (Å²) in [5.41, 5.74) is 1.40. The number of rotatable bonds is 8. The molecule has 1 aromatic heterocycles. The van der Waals surface area contributed by atoms with Crippen LogP contribution >= 0.6 is 0 Å². The molecule has 0 fully saturated rings. The third kappa shape index (κ3) is 2.62. The molecular weight excluding hydrogens is 224 g/mol. The molecule has 0 radical (unpaired) electrons.